The summed E-state index contributed by atoms with van der Waals surface area (Å²) in [6, 6.07) is 23.6. The smallest absolute Gasteiger partial charge is 0.252 e. The third-order valence-electron chi connectivity index (χ3n) is 5.45. The van der Waals surface area contributed by atoms with Crippen molar-refractivity contribution in [1.29, 1.82) is 0 Å². The van der Waals surface area contributed by atoms with Crippen LogP contribution in [0.1, 0.15) is 21.5 Å². The summed E-state index contributed by atoms with van der Waals surface area (Å²) >= 11 is 0. The highest BCUT2D eigenvalue weighted by atomic mass is 16.7. The van der Waals surface area contributed by atoms with Crippen molar-refractivity contribution in [3.63, 3.8) is 0 Å². The minimum absolute atomic E-state index is 0.104. The fourth-order valence-electron chi connectivity index (χ4n) is 3.74. The van der Waals surface area contributed by atoms with Gasteiger partial charge < -0.3 is 14.8 Å². The Hall–Kier alpha value is -3.86. The molecule has 0 radical (unpaired) electrons. The minimum atomic E-state index is -0.104. The summed E-state index contributed by atoms with van der Waals surface area (Å²) in [6.07, 6.45) is 0.782. The molecule has 0 atom stereocenters. The van der Waals surface area contributed by atoms with Crippen molar-refractivity contribution in [1.82, 2.24) is 10.3 Å². The van der Waals surface area contributed by atoms with Crippen LogP contribution in [0.25, 0.3) is 22.2 Å². The quantitative estimate of drug-likeness (QED) is 0.508. The van der Waals surface area contributed by atoms with Gasteiger partial charge >= 0.3 is 0 Å². The Morgan fingerprint density at radius 1 is 0.968 bits per heavy atom. The molecule has 0 saturated heterocycles. The van der Waals surface area contributed by atoms with Gasteiger partial charge in [0.2, 0.25) is 6.79 Å². The Bertz CT molecular complexity index is 1270. The van der Waals surface area contributed by atoms with Gasteiger partial charge in [0.25, 0.3) is 5.91 Å². The molecule has 0 fully saturated rings. The van der Waals surface area contributed by atoms with Gasteiger partial charge in [0.05, 0.1) is 16.8 Å². The van der Waals surface area contributed by atoms with Crippen LogP contribution in [0.4, 0.5) is 0 Å². The average molecular weight is 410 g/mol. The lowest BCUT2D eigenvalue weighted by atomic mass is 10.0. The van der Waals surface area contributed by atoms with Crippen LogP contribution in [0.2, 0.25) is 0 Å². The fraction of sp³-hybridized carbons (Fsp3) is 0.154. The van der Waals surface area contributed by atoms with Crippen molar-refractivity contribution in [2.45, 2.75) is 13.3 Å². The van der Waals surface area contributed by atoms with E-state index in [1.807, 2.05) is 48.5 Å². The number of fused-ring (bicyclic) bond motifs is 2. The number of benzene rings is 3. The van der Waals surface area contributed by atoms with Gasteiger partial charge in [0.15, 0.2) is 11.5 Å². The van der Waals surface area contributed by atoms with Crippen molar-refractivity contribution in [2.75, 3.05) is 13.3 Å². The molecule has 1 N–H and O–H groups in total. The van der Waals surface area contributed by atoms with E-state index in [2.05, 4.69) is 36.5 Å². The molecule has 0 saturated carbocycles. The van der Waals surface area contributed by atoms with E-state index in [0.29, 0.717) is 17.9 Å². The number of para-hydroxylation sites is 1. The molecule has 0 aliphatic carbocycles. The van der Waals surface area contributed by atoms with E-state index in [0.717, 1.165) is 34.3 Å². The number of nitrogens with one attached hydrogen (secondary N) is 1. The highest BCUT2D eigenvalue weighted by Crippen LogP contribution is 2.36. The number of aryl methyl sites for hydroxylation is 1. The fourth-order valence-corrected chi connectivity index (χ4v) is 3.74. The number of pyridine rings is 1. The zero-order valence-electron chi connectivity index (χ0n) is 17.2. The summed E-state index contributed by atoms with van der Waals surface area (Å²) in [6.45, 7) is 2.86. The van der Waals surface area contributed by atoms with Crippen LogP contribution in [0.3, 0.4) is 0 Å². The van der Waals surface area contributed by atoms with Crippen molar-refractivity contribution in [3.8, 4) is 22.8 Å². The van der Waals surface area contributed by atoms with Crippen molar-refractivity contribution in [3.05, 3.63) is 89.5 Å². The molecule has 2 heterocycles. The van der Waals surface area contributed by atoms with E-state index in [1.165, 1.54) is 11.1 Å². The second-order valence-electron chi connectivity index (χ2n) is 7.63. The first-order chi connectivity index (χ1) is 15.2. The number of ether oxygens (including phenoxy) is 2. The molecule has 1 aliphatic heterocycles. The molecule has 0 bridgehead atoms. The van der Waals surface area contributed by atoms with Crippen LogP contribution < -0.4 is 14.8 Å². The molecule has 5 heteroatoms. The van der Waals surface area contributed by atoms with Crippen LogP contribution in [0.5, 0.6) is 11.5 Å². The molecule has 3 aromatic carbocycles. The Balaban J connectivity index is 1.43. The molecule has 5 rings (SSSR count). The topological polar surface area (TPSA) is 60.5 Å². The second-order valence-corrected chi connectivity index (χ2v) is 7.63. The molecular weight excluding hydrogens is 388 g/mol. The zero-order valence-corrected chi connectivity index (χ0v) is 17.2. The summed E-state index contributed by atoms with van der Waals surface area (Å²) in [4.78, 5) is 17.9. The van der Waals surface area contributed by atoms with E-state index in [9.17, 15) is 4.79 Å². The maximum atomic E-state index is 13.1. The standard InChI is InChI=1S/C26H22N2O3/c1-17-6-8-18(9-7-17)12-13-27-26(29)21-15-23(28-22-5-3-2-4-20(21)22)19-10-11-24-25(14-19)31-16-30-24/h2-11,14-15H,12-13,16H2,1H3,(H,27,29). The van der Waals surface area contributed by atoms with Gasteiger partial charge in [-0.1, -0.05) is 48.0 Å². The molecule has 0 spiro atoms. The molecule has 0 unspecified atom stereocenters. The van der Waals surface area contributed by atoms with Gasteiger partial charge in [-0.25, -0.2) is 4.98 Å². The Kier molecular flexibility index (Phi) is 5.00. The third kappa shape index (κ3) is 3.94. The lowest BCUT2D eigenvalue weighted by Crippen LogP contribution is -2.26. The van der Waals surface area contributed by atoms with Gasteiger partial charge in [-0.15, -0.1) is 0 Å². The van der Waals surface area contributed by atoms with Crippen molar-refractivity contribution in [2.24, 2.45) is 0 Å². The van der Waals surface area contributed by atoms with Crippen molar-refractivity contribution >= 4 is 16.8 Å². The van der Waals surface area contributed by atoms with E-state index in [-0.39, 0.29) is 12.7 Å². The number of aromatic nitrogens is 1. The highest BCUT2D eigenvalue weighted by molar-refractivity contribution is 6.07. The summed E-state index contributed by atoms with van der Waals surface area (Å²) in [5, 5.41) is 3.90. The summed E-state index contributed by atoms with van der Waals surface area (Å²) < 4.78 is 10.9. The normalized spacial score (nSPS) is 12.2. The maximum absolute atomic E-state index is 13.1. The van der Waals surface area contributed by atoms with Gasteiger partial charge in [0, 0.05) is 17.5 Å². The van der Waals surface area contributed by atoms with Gasteiger partial charge in [-0.3, -0.25) is 4.79 Å². The number of carbonyl (C=O) groups is 1. The molecular formula is C26H22N2O3. The van der Waals surface area contributed by atoms with Gasteiger partial charge in [0.1, 0.15) is 0 Å². The third-order valence-corrected chi connectivity index (χ3v) is 5.45. The largest absolute Gasteiger partial charge is 0.454 e. The maximum Gasteiger partial charge on any atom is 0.252 e. The Morgan fingerprint density at radius 2 is 1.77 bits per heavy atom. The van der Waals surface area contributed by atoms with E-state index < -0.39 is 0 Å². The first-order valence-electron chi connectivity index (χ1n) is 10.3. The van der Waals surface area contributed by atoms with E-state index in [4.69, 9.17) is 14.5 Å². The van der Waals surface area contributed by atoms with Crippen LogP contribution >= 0.6 is 0 Å². The molecule has 1 aliphatic rings. The van der Waals surface area contributed by atoms with Crippen LogP contribution in [-0.2, 0) is 6.42 Å². The summed E-state index contributed by atoms with van der Waals surface area (Å²) in [5.41, 5.74) is 5.42. The molecule has 1 amide bonds. The summed E-state index contributed by atoms with van der Waals surface area (Å²) in [5.74, 6) is 1.31. The van der Waals surface area contributed by atoms with E-state index in [1.54, 1.807) is 0 Å². The molecule has 4 aromatic rings. The number of rotatable bonds is 5. The molecule has 1 aromatic heterocycles. The SMILES string of the molecule is Cc1ccc(CCNC(=O)c2cc(-c3ccc4c(c3)OCO4)nc3ccccc23)cc1. The van der Waals surface area contributed by atoms with E-state index >= 15 is 0 Å². The number of carbonyl (C=O) groups excluding carboxylic acids is 1. The minimum Gasteiger partial charge on any atom is -0.454 e. The molecule has 154 valence electrons. The van der Waals surface area contributed by atoms with Crippen LogP contribution in [0, 0.1) is 6.92 Å². The second kappa shape index (κ2) is 8.11. The first-order valence-corrected chi connectivity index (χ1v) is 10.3. The number of nitrogens with zero attached hydrogens (tertiary/aromatic N) is 1. The van der Waals surface area contributed by atoms with Gasteiger partial charge in [-0.05, 0) is 49.2 Å². The van der Waals surface area contributed by atoms with Crippen molar-refractivity contribution < 1.29 is 14.3 Å². The Labute approximate surface area is 180 Å². The summed E-state index contributed by atoms with van der Waals surface area (Å²) in [7, 11) is 0. The van der Waals surface area contributed by atoms with Gasteiger partial charge in [-0.2, -0.15) is 0 Å². The number of amides is 1. The molecule has 5 nitrogen and oxygen atoms in total. The van der Waals surface area contributed by atoms with Crippen LogP contribution in [-0.4, -0.2) is 24.2 Å². The highest BCUT2D eigenvalue weighted by Gasteiger charge is 2.17. The number of hydrogen-bond acceptors (Lipinski definition) is 4. The monoisotopic (exact) mass is 410 g/mol. The zero-order chi connectivity index (χ0) is 21.2. The van der Waals surface area contributed by atoms with Crippen LogP contribution in [0.15, 0.2) is 72.8 Å². The molecule has 31 heavy (non-hydrogen) atoms. The average Bonchev–Trinajstić information content (AvgIpc) is 3.27. The predicted octanol–water partition coefficient (Wildman–Crippen LogP) is 4.91. The first kappa shape index (κ1) is 19.1. The lowest BCUT2D eigenvalue weighted by Gasteiger charge is -2.11. The Morgan fingerprint density at radius 3 is 2.65 bits per heavy atom. The predicted molar refractivity (Wildman–Crippen MR) is 121 cm³/mol. The lowest BCUT2D eigenvalue weighted by molar-refractivity contribution is 0.0955. The number of hydrogen-bond donors (Lipinski definition) is 1.